The molecule has 94 valence electrons. The number of allylic oxidation sites excluding steroid dienone is 1. The van der Waals surface area contributed by atoms with E-state index in [2.05, 4.69) is 0 Å². The molecule has 0 aliphatic heterocycles. The third kappa shape index (κ3) is 3.23. The summed E-state index contributed by atoms with van der Waals surface area (Å²) < 4.78 is 0. The van der Waals surface area contributed by atoms with Crippen molar-refractivity contribution < 1.29 is 19.8 Å². The Morgan fingerprint density at radius 2 is 2.18 bits per heavy atom. The van der Waals surface area contributed by atoms with Crippen molar-refractivity contribution in [3.8, 4) is 0 Å². The van der Waals surface area contributed by atoms with E-state index in [-0.39, 0.29) is 19.4 Å². The molecule has 6 heteroatoms. The van der Waals surface area contributed by atoms with Crippen molar-refractivity contribution in [2.75, 3.05) is 6.54 Å². The molecule has 6 nitrogen and oxygen atoms in total. The van der Waals surface area contributed by atoms with Crippen LogP contribution in [0.4, 0.5) is 0 Å². The van der Waals surface area contributed by atoms with Crippen molar-refractivity contribution >= 4 is 11.8 Å². The van der Waals surface area contributed by atoms with Crippen LogP contribution in [0.2, 0.25) is 0 Å². The Morgan fingerprint density at radius 1 is 1.53 bits per heavy atom. The lowest BCUT2D eigenvalue weighted by molar-refractivity contribution is -0.138. The van der Waals surface area contributed by atoms with Gasteiger partial charge in [0.05, 0.1) is 6.54 Å². The highest BCUT2D eigenvalue weighted by molar-refractivity contribution is 5.91. The molecule has 0 fully saturated rings. The lowest BCUT2D eigenvalue weighted by Gasteiger charge is -2.24. The second kappa shape index (κ2) is 5.22. The molecule has 0 heterocycles. The molecule has 0 spiro atoms. The molecule has 1 rings (SSSR count). The molecule has 0 saturated carbocycles. The van der Waals surface area contributed by atoms with Crippen LogP contribution in [-0.2, 0) is 9.59 Å². The first-order chi connectivity index (χ1) is 7.89. The number of nitrogens with two attached hydrogens (primary N) is 2. The molecule has 0 amide bonds. The Kier molecular flexibility index (Phi) is 4.17. The molecule has 17 heavy (non-hydrogen) atoms. The number of aliphatic hydroxyl groups is 1. The van der Waals surface area contributed by atoms with Crippen LogP contribution >= 0.6 is 0 Å². The summed E-state index contributed by atoms with van der Waals surface area (Å²) in [6, 6.07) is -0.984. The van der Waals surface area contributed by atoms with Crippen molar-refractivity contribution in [3.63, 3.8) is 0 Å². The van der Waals surface area contributed by atoms with Crippen LogP contribution in [0, 0.1) is 0 Å². The van der Waals surface area contributed by atoms with E-state index in [0.717, 1.165) is 0 Å². The molecule has 1 unspecified atom stereocenters. The quantitative estimate of drug-likeness (QED) is 0.485. The van der Waals surface area contributed by atoms with Gasteiger partial charge >= 0.3 is 5.97 Å². The number of hydrogen-bond acceptors (Lipinski definition) is 5. The normalized spacial score (nSPS) is 25.2. The first-order valence-corrected chi connectivity index (χ1v) is 5.21. The third-order valence-corrected chi connectivity index (χ3v) is 2.69. The molecule has 0 saturated heterocycles. The van der Waals surface area contributed by atoms with Crippen LogP contribution in [0.1, 0.15) is 12.8 Å². The van der Waals surface area contributed by atoms with Crippen molar-refractivity contribution in [1.82, 2.24) is 0 Å². The SMILES string of the molecule is NCC(=O)C1(O)C=CC(C[C@H](N)C(=O)O)=CC1. The van der Waals surface area contributed by atoms with E-state index in [9.17, 15) is 14.7 Å². The molecule has 0 aromatic carbocycles. The molecule has 6 N–H and O–H groups in total. The zero-order chi connectivity index (χ0) is 13.1. The average molecular weight is 240 g/mol. The van der Waals surface area contributed by atoms with Gasteiger partial charge in [0.1, 0.15) is 11.6 Å². The smallest absolute Gasteiger partial charge is 0.320 e. The van der Waals surface area contributed by atoms with Crippen molar-refractivity contribution in [2.45, 2.75) is 24.5 Å². The Labute approximate surface area is 98.6 Å². The van der Waals surface area contributed by atoms with E-state index < -0.39 is 23.4 Å². The minimum Gasteiger partial charge on any atom is -0.480 e. The van der Waals surface area contributed by atoms with Gasteiger partial charge in [-0.3, -0.25) is 9.59 Å². The van der Waals surface area contributed by atoms with Gasteiger partial charge in [-0.2, -0.15) is 0 Å². The maximum atomic E-state index is 11.4. The largest absolute Gasteiger partial charge is 0.480 e. The summed E-state index contributed by atoms with van der Waals surface area (Å²) in [4.78, 5) is 21.9. The van der Waals surface area contributed by atoms with Gasteiger partial charge in [-0.1, -0.05) is 12.2 Å². The highest BCUT2D eigenvalue weighted by atomic mass is 16.4. The van der Waals surface area contributed by atoms with Crippen LogP contribution in [0.3, 0.4) is 0 Å². The average Bonchev–Trinajstić information content (AvgIpc) is 2.31. The summed E-state index contributed by atoms with van der Waals surface area (Å²) in [5.41, 5.74) is 9.68. The standard InChI is InChI=1S/C11H16N2O4/c12-6-9(14)11(17)3-1-7(2-4-11)5-8(13)10(15)16/h1-3,8,17H,4-6,12-13H2,(H,15,16)/t8-,11?/m0/s1. The van der Waals surface area contributed by atoms with Gasteiger partial charge in [-0.05, 0) is 18.1 Å². The number of carboxylic acids is 1. The highest BCUT2D eigenvalue weighted by Gasteiger charge is 2.32. The van der Waals surface area contributed by atoms with E-state index in [4.69, 9.17) is 16.6 Å². The molecule has 1 aliphatic rings. The van der Waals surface area contributed by atoms with E-state index in [0.29, 0.717) is 5.57 Å². The maximum Gasteiger partial charge on any atom is 0.320 e. The fraction of sp³-hybridized carbons (Fsp3) is 0.455. The van der Waals surface area contributed by atoms with Crippen molar-refractivity contribution in [2.24, 2.45) is 11.5 Å². The van der Waals surface area contributed by atoms with Crippen LogP contribution < -0.4 is 11.5 Å². The van der Waals surface area contributed by atoms with Crippen LogP contribution in [0.25, 0.3) is 0 Å². The van der Waals surface area contributed by atoms with Crippen LogP contribution in [0.5, 0.6) is 0 Å². The predicted octanol–water partition coefficient (Wildman–Crippen LogP) is -1.07. The van der Waals surface area contributed by atoms with Gasteiger partial charge < -0.3 is 21.7 Å². The van der Waals surface area contributed by atoms with E-state index in [1.54, 1.807) is 6.08 Å². The van der Waals surface area contributed by atoms with Crippen LogP contribution in [0.15, 0.2) is 23.8 Å². The first-order valence-electron chi connectivity index (χ1n) is 5.21. The zero-order valence-corrected chi connectivity index (χ0v) is 9.30. The van der Waals surface area contributed by atoms with Gasteiger partial charge in [-0.15, -0.1) is 0 Å². The number of carbonyl (C=O) groups is 2. The zero-order valence-electron chi connectivity index (χ0n) is 9.30. The van der Waals surface area contributed by atoms with E-state index in [1.807, 2.05) is 0 Å². The fourth-order valence-electron chi connectivity index (χ4n) is 1.54. The number of carbonyl (C=O) groups excluding carboxylic acids is 1. The summed E-state index contributed by atoms with van der Waals surface area (Å²) in [6.07, 6.45) is 4.72. The number of rotatable bonds is 5. The van der Waals surface area contributed by atoms with E-state index >= 15 is 0 Å². The van der Waals surface area contributed by atoms with Gasteiger partial charge in [0.2, 0.25) is 0 Å². The third-order valence-electron chi connectivity index (χ3n) is 2.69. The lowest BCUT2D eigenvalue weighted by Crippen LogP contribution is -2.41. The Morgan fingerprint density at radius 3 is 2.59 bits per heavy atom. The monoisotopic (exact) mass is 240 g/mol. The number of hydrogen-bond donors (Lipinski definition) is 4. The first kappa shape index (κ1) is 13.6. The molecule has 0 bridgehead atoms. The summed E-state index contributed by atoms with van der Waals surface area (Å²) in [6.45, 7) is -0.237. The Hall–Kier alpha value is -1.50. The second-order valence-corrected chi connectivity index (χ2v) is 4.02. The highest BCUT2D eigenvalue weighted by Crippen LogP contribution is 2.23. The molecule has 0 aromatic rings. The minimum atomic E-state index is -1.56. The molecule has 1 aliphatic carbocycles. The van der Waals surface area contributed by atoms with Gasteiger partial charge in [0, 0.05) is 6.42 Å². The number of ketones is 1. The maximum absolute atomic E-state index is 11.4. The molecular formula is C11H16N2O4. The molecule has 0 radical (unpaired) electrons. The van der Waals surface area contributed by atoms with Crippen molar-refractivity contribution in [1.29, 1.82) is 0 Å². The molecular weight excluding hydrogens is 224 g/mol. The van der Waals surface area contributed by atoms with Gasteiger partial charge in [0.25, 0.3) is 0 Å². The predicted molar refractivity (Wildman–Crippen MR) is 61.1 cm³/mol. The number of carboxylic acid groups (broad SMARTS) is 1. The molecule has 0 aromatic heterocycles. The van der Waals surface area contributed by atoms with Gasteiger partial charge in [-0.25, -0.2) is 0 Å². The lowest BCUT2D eigenvalue weighted by atomic mass is 9.87. The Bertz CT molecular complexity index is 389. The number of Topliss-reactive ketones (excluding diaryl/α,β-unsaturated/α-hetero) is 1. The summed E-state index contributed by atoms with van der Waals surface area (Å²) >= 11 is 0. The second-order valence-electron chi connectivity index (χ2n) is 4.02. The summed E-state index contributed by atoms with van der Waals surface area (Å²) in [7, 11) is 0. The minimum absolute atomic E-state index is 0.0984. The topological polar surface area (TPSA) is 127 Å². The molecule has 2 atom stereocenters. The van der Waals surface area contributed by atoms with E-state index in [1.165, 1.54) is 12.2 Å². The van der Waals surface area contributed by atoms with Crippen LogP contribution in [-0.4, -0.2) is 40.2 Å². The summed E-state index contributed by atoms with van der Waals surface area (Å²) in [5.74, 6) is -1.55. The number of aliphatic carboxylic acids is 1. The summed E-state index contributed by atoms with van der Waals surface area (Å²) in [5, 5.41) is 18.5. The van der Waals surface area contributed by atoms with Gasteiger partial charge in [0.15, 0.2) is 5.78 Å². The fourth-order valence-corrected chi connectivity index (χ4v) is 1.54. The Balaban J connectivity index is 2.66. The van der Waals surface area contributed by atoms with Crippen molar-refractivity contribution in [3.05, 3.63) is 23.8 Å².